The number of nitrogens with one attached hydrogen (secondary N) is 1. The normalized spacial score (nSPS) is 16.8. The molecule has 3 rings (SSSR count). The lowest BCUT2D eigenvalue weighted by atomic mass is 10.1. The first kappa shape index (κ1) is 16.3. The van der Waals surface area contributed by atoms with Gasteiger partial charge in [0.15, 0.2) is 0 Å². The van der Waals surface area contributed by atoms with Gasteiger partial charge in [0, 0.05) is 20.5 Å². The summed E-state index contributed by atoms with van der Waals surface area (Å²) in [6.45, 7) is 2.95. The van der Waals surface area contributed by atoms with Crippen molar-refractivity contribution in [1.82, 2.24) is 19.8 Å². The number of oxime groups is 1. The molecule has 1 aromatic heterocycles. The van der Waals surface area contributed by atoms with E-state index in [1.807, 2.05) is 42.8 Å². The number of aryl methyl sites for hydroxylation is 1. The lowest BCUT2D eigenvalue weighted by Gasteiger charge is -2.18. The summed E-state index contributed by atoms with van der Waals surface area (Å²) in [5.41, 5.74) is 3.04. The fourth-order valence-electron chi connectivity index (χ4n) is 2.76. The summed E-state index contributed by atoms with van der Waals surface area (Å²) < 4.78 is 2.01. The van der Waals surface area contributed by atoms with Crippen molar-refractivity contribution < 1.29 is 9.63 Å². The van der Waals surface area contributed by atoms with Gasteiger partial charge in [0.1, 0.15) is 11.9 Å². The predicted octanol–water partition coefficient (Wildman–Crippen LogP) is 2.27. The van der Waals surface area contributed by atoms with Gasteiger partial charge in [0.2, 0.25) is 0 Å². The Morgan fingerprint density at radius 2 is 2.25 bits per heavy atom. The molecule has 2 aromatic rings. The van der Waals surface area contributed by atoms with E-state index in [9.17, 15) is 4.79 Å². The summed E-state index contributed by atoms with van der Waals surface area (Å²) in [6, 6.07) is 7.80. The molecule has 0 saturated heterocycles. The molecule has 1 aliphatic rings. The molecule has 0 bridgehead atoms. The second kappa shape index (κ2) is 6.90. The standard InChI is InChI=1S/C17H23N5O2/c1-4-12-9-13(24-20-12)10-18-17(23)21(2)11-16-19-14-7-5-6-8-15(14)22(16)3/h5-8,13H,4,9-11H2,1-3H3,(H,18,23). The zero-order chi connectivity index (χ0) is 17.1. The summed E-state index contributed by atoms with van der Waals surface area (Å²) in [5, 5.41) is 6.89. The Bertz CT molecular complexity index is 767. The Morgan fingerprint density at radius 1 is 1.46 bits per heavy atom. The molecule has 0 saturated carbocycles. The molecule has 1 unspecified atom stereocenters. The first-order valence-electron chi connectivity index (χ1n) is 8.19. The Hall–Kier alpha value is -2.57. The van der Waals surface area contributed by atoms with E-state index in [2.05, 4.69) is 15.5 Å². The predicted molar refractivity (Wildman–Crippen MR) is 92.8 cm³/mol. The highest BCUT2D eigenvalue weighted by molar-refractivity contribution is 5.85. The van der Waals surface area contributed by atoms with E-state index in [1.165, 1.54) is 0 Å². The third-order valence-corrected chi connectivity index (χ3v) is 4.29. The van der Waals surface area contributed by atoms with E-state index >= 15 is 0 Å². The van der Waals surface area contributed by atoms with Crippen molar-refractivity contribution in [2.75, 3.05) is 13.6 Å². The molecule has 0 aliphatic carbocycles. The van der Waals surface area contributed by atoms with Crippen molar-refractivity contribution >= 4 is 22.8 Å². The van der Waals surface area contributed by atoms with E-state index in [0.717, 1.165) is 35.4 Å². The average Bonchev–Trinajstić information content (AvgIpc) is 3.18. The fraction of sp³-hybridized carbons (Fsp3) is 0.471. The van der Waals surface area contributed by atoms with Gasteiger partial charge in [0.05, 0.1) is 29.8 Å². The number of fused-ring (bicyclic) bond motifs is 1. The molecule has 2 heterocycles. The molecule has 1 atom stereocenters. The van der Waals surface area contributed by atoms with Gasteiger partial charge < -0.3 is 19.6 Å². The first-order chi connectivity index (χ1) is 11.6. The summed E-state index contributed by atoms with van der Waals surface area (Å²) >= 11 is 0. The molecule has 0 radical (unpaired) electrons. The average molecular weight is 329 g/mol. The maximum Gasteiger partial charge on any atom is 0.317 e. The highest BCUT2D eigenvalue weighted by Gasteiger charge is 2.21. The number of hydrogen-bond donors (Lipinski definition) is 1. The van der Waals surface area contributed by atoms with Crippen molar-refractivity contribution in [3.63, 3.8) is 0 Å². The van der Waals surface area contributed by atoms with Crippen LogP contribution in [0.2, 0.25) is 0 Å². The lowest BCUT2D eigenvalue weighted by Crippen LogP contribution is -2.41. The van der Waals surface area contributed by atoms with Gasteiger partial charge in [-0.15, -0.1) is 0 Å². The monoisotopic (exact) mass is 329 g/mol. The van der Waals surface area contributed by atoms with Crippen LogP contribution in [0.4, 0.5) is 4.79 Å². The van der Waals surface area contributed by atoms with Gasteiger partial charge in [-0.25, -0.2) is 9.78 Å². The summed E-state index contributed by atoms with van der Waals surface area (Å²) in [4.78, 5) is 23.8. The Labute approximate surface area is 141 Å². The van der Waals surface area contributed by atoms with Crippen LogP contribution in [0.3, 0.4) is 0 Å². The molecule has 7 heteroatoms. The number of amides is 2. The van der Waals surface area contributed by atoms with Crippen LogP contribution in [0.1, 0.15) is 25.6 Å². The van der Waals surface area contributed by atoms with Crippen molar-refractivity contribution in [1.29, 1.82) is 0 Å². The van der Waals surface area contributed by atoms with Crippen LogP contribution >= 0.6 is 0 Å². The van der Waals surface area contributed by atoms with Gasteiger partial charge >= 0.3 is 6.03 Å². The largest absolute Gasteiger partial charge is 0.390 e. The van der Waals surface area contributed by atoms with Crippen LogP contribution in [0.25, 0.3) is 11.0 Å². The van der Waals surface area contributed by atoms with E-state index in [-0.39, 0.29) is 12.1 Å². The van der Waals surface area contributed by atoms with Gasteiger partial charge in [-0.05, 0) is 18.6 Å². The van der Waals surface area contributed by atoms with Crippen LogP contribution in [-0.4, -0.2) is 45.9 Å². The van der Waals surface area contributed by atoms with Gasteiger partial charge in [-0.1, -0.05) is 24.2 Å². The molecular weight excluding hydrogens is 306 g/mol. The van der Waals surface area contributed by atoms with E-state index in [0.29, 0.717) is 13.1 Å². The zero-order valence-electron chi connectivity index (χ0n) is 14.3. The molecule has 0 fully saturated rings. The minimum Gasteiger partial charge on any atom is -0.390 e. The van der Waals surface area contributed by atoms with Crippen molar-refractivity contribution in [2.24, 2.45) is 12.2 Å². The van der Waals surface area contributed by atoms with Crippen molar-refractivity contribution in [3.05, 3.63) is 30.1 Å². The highest BCUT2D eigenvalue weighted by atomic mass is 16.6. The lowest BCUT2D eigenvalue weighted by molar-refractivity contribution is 0.0851. The number of urea groups is 1. The smallest absolute Gasteiger partial charge is 0.317 e. The van der Waals surface area contributed by atoms with Crippen LogP contribution < -0.4 is 5.32 Å². The number of nitrogens with zero attached hydrogens (tertiary/aromatic N) is 4. The highest BCUT2D eigenvalue weighted by Crippen LogP contribution is 2.15. The number of imidazole rings is 1. The number of rotatable bonds is 5. The minimum atomic E-state index is -0.143. The number of hydrogen-bond acceptors (Lipinski definition) is 4. The third-order valence-electron chi connectivity index (χ3n) is 4.29. The SMILES string of the molecule is CCC1=NOC(CNC(=O)N(C)Cc2nc3ccccc3n2C)C1. The molecule has 24 heavy (non-hydrogen) atoms. The van der Waals surface area contributed by atoms with Crippen LogP contribution in [-0.2, 0) is 18.4 Å². The number of carbonyl (C=O) groups is 1. The molecule has 1 aliphatic heterocycles. The molecular formula is C17H23N5O2. The number of benzene rings is 1. The first-order valence-corrected chi connectivity index (χ1v) is 8.19. The molecule has 0 spiro atoms. The quantitative estimate of drug-likeness (QED) is 0.914. The summed E-state index contributed by atoms with van der Waals surface area (Å²) in [6.07, 6.45) is 1.61. The fourth-order valence-corrected chi connectivity index (χ4v) is 2.76. The maximum absolute atomic E-state index is 12.3. The Kier molecular flexibility index (Phi) is 4.69. The maximum atomic E-state index is 12.3. The Morgan fingerprint density at radius 3 is 2.96 bits per heavy atom. The third kappa shape index (κ3) is 3.34. The molecule has 1 N–H and O–H groups in total. The molecule has 1 aromatic carbocycles. The zero-order valence-corrected chi connectivity index (χ0v) is 14.3. The van der Waals surface area contributed by atoms with Crippen LogP contribution in [0.15, 0.2) is 29.4 Å². The van der Waals surface area contributed by atoms with Gasteiger partial charge in [-0.3, -0.25) is 0 Å². The van der Waals surface area contributed by atoms with Crippen molar-refractivity contribution in [2.45, 2.75) is 32.4 Å². The van der Waals surface area contributed by atoms with E-state index in [4.69, 9.17) is 4.84 Å². The number of carbonyl (C=O) groups excluding carboxylic acids is 1. The van der Waals surface area contributed by atoms with Crippen LogP contribution in [0, 0.1) is 0 Å². The summed E-state index contributed by atoms with van der Waals surface area (Å²) in [5.74, 6) is 0.850. The van der Waals surface area contributed by atoms with E-state index < -0.39 is 0 Å². The second-order valence-corrected chi connectivity index (χ2v) is 6.06. The molecule has 7 nitrogen and oxygen atoms in total. The Balaban J connectivity index is 1.55. The number of para-hydroxylation sites is 2. The molecule has 128 valence electrons. The van der Waals surface area contributed by atoms with E-state index in [1.54, 1.807) is 11.9 Å². The summed E-state index contributed by atoms with van der Waals surface area (Å²) in [7, 11) is 3.73. The number of aromatic nitrogens is 2. The van der Waals surface area contributed by atoms with Gasteiger partial charge in [0.25, 0.3) is 0 Å². The van der Waals surface area contributed by atoms with Crippen LogP contribution in [0.5, 0.6) is 0 Å². The van der Waals surface area contributed by atoms with Crippen molar-refractivity contribution in [3.8, 4) is 0 Å². The topological polar surface area (TPSA) is 71.8 Å². The second-order valence-electron chi connectivity index (χ2n) is 6.06. The molecule has 2 amide bonds. The minimum absolute atomic E-state index is 0.0620. The van der Waals surface area contributed by atoms with Gasteiger partial charge in [-0.2, -0.15) is 0 Å².